The highest BCUT2D eigenvalue weighted by Crippen LogP contribution is 2.24. The van der Waals surface area contributed by atoms with Crippen LogP contribution in [0.25, 0.3) is 0 Å². The Bertz CT molecular complexity index is 379. The molecule has 0 heterocycles. The van der Waals surface area contributed by atoms with Gasteiger partial charge in [-0.25, -0.2) is 4.79 Å². The predicted octanol–water partition coefficient (Wildman–Crippen LogP) is 1.52. The first-order chi connectivity index (χ1) is 7.19. The summed E-state index contributed by atoms with van der Waals surface area (Å²) in [5.41, 5.74) is 0.611. The van der Waals surface area contributed by atoms with Crippen LogP contribution < -0.4 is 5.32 Å². The zero-order valence-corrected chi connectivity index (χ0v) is 9.26. The molecule has 0 unspecified atom stereocenters. The second-order valence-corrected chi connectivity index (χ2v) is 3.49. The summed E-state index contributed by atoms with van der Waals surface area (Å²) in [6.45, 7) is 0. The minimum absolute atomic E-state index is 0.611. The summed E-state index contributed by atoms with van der Waals surface area (Å²) >= 11 is 1.49. The van der Waals surface area contributed by atoms with Crippen molar-refractivity contribution < 1.29 is 14.3 Å². The van der Waals surface area contributed by atoms with Crippen LogP contribution in [-0.2, 0) is 14.3 Å². The van der Waals surface area contributed by atoms with Crippen LogP contribution in [0.2, 0.25) is 0 Å². The van der Waals surface area contributed by atoms with E-state index in [0.29, 0.717) is 5.69 Å². The van der Waals surface area contributed by atoms with Crippen LogP contribution >= 0.6 is 11.8 Å². The minimum atomic E-state index is -0.897. The SMILES string of the molecule is COC(=O)C(=O)Nc1ccccc1SC. The Morgan fingerprint density at radius 3 is 2.60 bits per heavy atom. The van der Waals surface area contributed by atoms with Gasteiger partial charge in [-0.3, -0.25) is 4.79 Å². The molecule has 0 radical (unpaired) electrons. The first-order valence-electron chi connectivity index (χ1n) is 4.21. The average Bonchev–Trinajstić information content (AvgIpc) is 2.28. The van der Waals surface area contributed by atoms with Gasteiger partial charge in [-0.2, -0.15) is 0 Å². The maximum absolute atomic E-state index is 11.2. The van der Waals surface area contributed by atoms with Crippen molar-refractivity contribution in [2.45, 2.75) is 4.90 Å². The molecule has 1 rings (SSSR count). The molecule has 1 aromatic carbocycles. The Balaban J connectivity index is 2.80. The Hall–Kier alpha value is -1.49. The molecule has 0 fully saturated rings. The first-order valence-corrected chi connectivity index (χ1v) is 5.44. The molecule has 4 nitrogen and oxygen atoms in total. The molecular formula is C10H11NO3S. The van der Waals surface area contributed by atoms with Gasteiger partial charge in [0.1, 0.15) is 0 Å². The highest BCUT2D eigenvalue weighted by atomic mass is 32.2. The van der Waals surface area contributed by atoms with E-state index in [2.05, 4.69) is 10.1 Å². The number of methoxy groups -OCH3 is 1. The van der Waals surface area contributed by atoms with Gasteiger partial charge >= 0.3 is 11.9 Å². The number of carbonyl (C=O) groups is 2. The van der Waals surface area contributed by atoms with Crippen LogP contribution in [0, 0.1) is 0 Å². The maximum Gasteiger partial charge on any atom is 0.396 e. The van der Waals surface area contributed by atoms with E-state index in [-0.39, 0.29) is 0 Å². The van der Waals surface area contributed by atoms with E-state index in [9.17, 15) is 9.59 Å². The topological polar surface area (TPSA) is 55.4 Å². The lowest BCUT2D eigenvalue weighted by molar-refractivity contribution is -0.150. The molecule has 0 saturated carbocycles. The highest BCUT2D eigenvalue weighted by Gasteiger charge is 2.14. The maximum atomic E-state index is 11.2. The number of ether oxygens (including phenoxy) is 1. The van der Waals surface area contributed by atoms with Crippen LogP contribution in [0.1, 0.15) is 0 Å². The number of rotatable bonds is 2. The van der Waals surface area contributed by atoms with Crippen molar-refractivity contribution in [3.63, 3.8) is 0 Å². The number of para-hydroxylation sites is 1. The Morgan fingerprint density at radius 1 is 1.33 bits per heavy atom. The number of carbonyl (C=O) groups excluding carboxylic acids is 2. The van der Waals surface area contributed by atoms with Crippen LogP contribution in [0.5, 0.6) is 0 Å². The van der Waals surface area contributed by atoms with Crippen molar-refractivity contribution in [1.82, 2.24) is 0 Å². The van der Waals surface area contributed by atoms with E-state index >= 15 is 0 Å². The molecular weight excluding hydrogens is 214 g/mol. The molecule has 0 atom stereocenters. The summed E-state index contributed by atoms with van der Waals surface area (Å²) < 4.78 is 4.30. The van der Waals surface area contributed by atoms with E-state index in [0.717, 1.165) is 4.90 Å². The van der Waals surface area contributed by atoms with Gasteiger partial charge in [0.25, 0.3) is 0 Å². The van der Waals surface area contributed by atoms with Gasteiger partial charge in [0, 0.05) is 4.90 Å². The van der Waals surface area contributed by atoms with Crippen molar-refractivity contribution in [2.24, 2.45) is 0 Å². The van der Waals surface area contributed by atoms with E-state index in [1.54, 1.807) is 12.1 Å². The quantitative estimate of drug-likeness (QED) is 0.471. The van der Waals surface area contributed by atoms with Gasteiger partial charge in [-0.05, 0) is 18.4 Å². The van der Waals surface area contributed by atoms with Gasteiger partial charge in [-0.15, -0.1) is 11.8 Å². The minimum Gasteiger partial charge on any atom is -0.462 e. The molecule has 1 amide bonds. The predicted molar refractivity (Wildman–Crippen MR) is 58.9 cm³/mol. The third-order valence-electron chi connectivity index (χ3n) is 1.73. The molecule has 80 valence electrons. The highest BCUT2D eigenvalue weighted by molar-refractivity contribution is 7.98. The van der Waals surface area contributed by atoms with Gasteiger partial charge < -0.3 is 10.1 Å². The summed E-state index contributed by atoms with van der Waals surface area (Å²) in [6.07, 6.45) is 1.89. The summed E-state index contributed by atoms with van der Waals surface area (Å²) in [5, 5.41) is 2.48. The lowest BCUT2D eigenvalue weighted by atomic mass is 10.3. The smallest absolute Gasteiger partial charge is 0.396 e. The molecule has 0 bridgehead atoms. The third-order valence-corrected chi connectivity index (χ3v) is 2.52. The molecule has 0 aromatic heterocycles. The Labute approximate surface area is 92.0 Å². The Morgan fingerprint density at radius 2 is 2.00 bits per heavy atom. The second-order valence-electron chi connectivity index (χ2n) is 2.65. The summed E-state index contributed by atoms with van der Waals surface area (Å²) in [7, 11) is 1.17. The fourth-order valence-electron chi connectivity index (χ4n) is 1.01. The number of benzene rings is 1. The summed E-state index contributed by atoms with van der Waals surface area (Å²) in [4.78, 5) is 23.0. The van der Waals surface area contributed by atoms with Crippen LogP contribution in [0.15, 0.2) is 29.2 Å². The van der Waals surface area contributed by atoms with Crippen molar-refractivity contribution >= 4 is 29.3 Å². The molecule has 15 heavy (non-hydrogen) atoms. The Kier molecular flexibility index (Phi) is 4.17. The van der Waals surface area contributed by atoms with Crippen molar-refractivity contribution in [1.29, 1.82) is 0 Å². The van der Waals surface area contributed by atoms with E-state index < -0.39 is 11.9 Å². The zero-order valence-electron chi connectivity index (χ0n) is 8.44. The lowest BCUT2D eigenvalue weighted by Crippen LogP contribution is -2.24. The van der Waals surface area contributed by atoms with Crippen LogP contribution in [0.4, 0.5) is 5.69 Å². The third kappa shape index (κ3) is 2.99. The number of thioether (sulfide) groups is 1. The van der Waals surface area contributed by atoms with E-state index in [4.69, 9.17) is 0 Å². The molecule has 1 aromatic rings. The van der Waals surface area contributed by atoms with Gasteiger partial charge in [0.2, 0.25) is 0 Å². The molecule has 5 heteroatoms. The number of amides is 1. The second kappa shape index (κ2) is 5.41. The van der Waals surface area contributed by atoms with Crippen molar-refractivity contribution in [3.05, 3.63) is 24.3 Å². The monoisotopic (exact) mass is 225 g/mol. The van der Waals surface area contributed by atoms with E-state index in [1.807, 2.05) is 18.4 Å². The molecule has 1 N–H and O–H groups in total. The van der Waals surface area contributed by atoms with Crippen LogP contribution in [0.3, 0.4) is 0 Å². The number of anilines is 1. The van der Waals surface area contributed by atoms with Crippen LogP contribution in [-0.4, -0.2) is 25.2 Å². The van der Waals surface area contributed by atoms with Gasteiger partial charge in [0.05, 0.1) is 12.8 Å². The van der Waals surface area contributed by atoms with Gasteiger partial charge in [-0.1, -0.05) is 12.1 Å². The average molecular weight is 225 g/mol. The first kappa shape index (κ1) is 11.6. The normalized spacial score (nSPS) is 9.47. The standard InChI is InChI=1S/C10H11NO3S/c1-14-10(13)9(12)11-7-5-3-4-6-8(7)15-2/h3-6H,1-2H3,(H,11,12). The molecule has 0 saturated heterocycles. The van der Waals surface area contributed by atoms with E-state index in [1.165, 1.54) is 18.9 Å². The van der Waals surface area contributed by atoms with Crippen molar-refractivity contribution in [3.8, 4) is 0 Å². The number of hydrogen-bond acceptors (Lipinski definition) is 4. The molecule has 0 aliphatic heterocycles. The molecule has 0 aliphatic carbocycles. The molecule has 0 spiro atoms. The fraction of sp³-hybridized carbons (Fsp3) is 0.200. The largest absolute Gasteiger partial charge is 0.462 e. The fourth-order valence-corrected chi connectivity index (χ4v) is 1.57. The van der Waals surface area contributed by atoms with Crippen molar-refractivity contribution in [2.75, 3.05) is 18.7 Å². The molecule has 0 aliphatic rings. The van der Waals surface area contributed by atoms with Gasteiger partial charge in [0.15, 0.2) is 0 Å². The number of hydrogen-bond donors (Lipinski definition) is 1. The number of esters is 1. The summed E-state index contributed by atoms with van der Waals surface area (Å²) in [6, 6.07) is 7.23. The zero-order chi connectivity index (χ0) is 11.3. The summed E-state index contributed by atoms with van der Waals surface area (Å²) in [5.74, 6) is -1.66. The number of nitrogens with one attached hydrogen (secondary N) is 1. The lowest BCUT2D eigenvalue weighted by Gasteiger charge is -2.07.